The minimum atomic E-state index is -0.725. The molecule has 0 saturated carbocycles. The van der Waals surface area contributed by atoms with Crippen LogP contribution in [0.25, 0.3) is 0 Å². The van der Waals surface area contributed by atoms with Crippen molar-refractivity contribution in [1.29, 1.82) is 0 Å². The Morgan fingerprint density at radius 1 is 0.616 bits per heavy atom. The molecule has 0 aliphatic carbocycles. The second kappa shape index (κ2) is 22.0. The molecule has 0 aromatic heterocycles. The Hall–Kier alpha value is -7.60. The van der Waals surface area contributed by atoms with Crippen LogP contribution in [0.1, 0.15) is 79.8 Å². The van der Waals surface area contributed by atoms with E-state index in [0.717, 1.165) is 58.5 Å². The first-order valence-electron chi connectivity index (χ1n) is 24.7. The predicted octanol–water partition coefficient (Wildman–Crippen LogP) is 7.39. The standard InChI is InChI=1S/C56H56N4O13/c1-35-23-44-38(11-12-41-27-39-7-3-5-9-47(39)58(41)55(44)64)29-49(35)71-33-36-24-37(26-43(25-36)70-22-21-69-20-19-68-18-17-67-16-15-54(63)73-60-52(61)13-14-53(60)62)34-72-51-31-46-45(30-50(51)66-2)56(65)59-42(32-57-46)28-40-8-4-6-10-48(40)59/h3-10,23-26,29-32,41-42H,11-22,27-28,33-34H2,1-2H3/t41-,42+/m1/s1. The third-order valence-corrected chi connectivity index (χ3v) is 13.5. The van der Waals surface area contributed by atoms with Crippen molar-refractivity contribution in [3.63, 3.8) is 0 Å². The molecule has 0 spiro atoms. The number of nitrogens with zero attached hydrogens (tertiary/aromatic N) is 4. The van der Waals surface area contributed by atoms with Crippen molar-refractivity contribution in [3.8, 4) is 23.0 Å². The van der Waals surface area contributed by atoms with Gasteiger partial charge in [-0.05, 0) is 108 Å². The fourth-order valence-corrected chi connectivity index (χ4v) is 9.92. The van der Waals surface area contributed by atoms with Gasteiger partial charge in [-0.15, -0.1) is 5.06 Å². The zero-order valence-corrected chi connectivity index (χ0v) is 40.8. The number of rotatable bonds is 21. The third kappa shape index (κ3) is 10.8. The zero-order valence-electron chi connectivity index (χ0n) is 40.8. The number of imide groups is 1. The first kappa shape index (κ1) is 49.0. The SMILES string of the molecule is COc1cc2c(cc1OCc1cc(COc3cc4c(cc3C)C(=O)N3c5ccccc5C[C@H]3CC4)cc(OCCOCCOCCOCCC(=O)ON3C(=O)CCC3=O)c1)N=C[C@@H]1Cc3ccccc3N1C2=O. The zero-order chi connectivity index (χ0) is 50.4. The number of benzene rings is 5. The Balaban J connectivity index is 0.767. The van der Waals surface area contributed by atoms with Gasteiger partial charge in [-0.3, -0.25) is 29.1 Å². The average Bonchev–Trinajstić information content (AvgIpc) is 4.01. The Labute approximate surface area is 422 Å². The highest BCUT2D eigenvalue weighted by Gasteiger charge is 2.39. The third-order valence-electron chi connectivity index (χ3n) is 13.5. The maximum atomic E-state index is 14.1. The maximum Gasteiger partial charge on any atom is 0.335 e. The molecule has 1 fully saturated rings. The molecule has 17 nitrogen and oxygen atoms in total. The largest absolute Gasteiger partial charge is 0.493 e. The molecule has 5 heterocycles. The Kier molecular flexibility index (Phi) is 14.8. The lowest BCUT2D eigenvalue weighted by Gasteiger charge is -2.23. The van der Waals surface area contributed by atoms with E-state index in [0.29, 0.717) is 64.5 Å². The summed E-state index contributed by atoms with van der Waals surface area (Å²) in [7, 11) is 1.54. The van der Waals surface area contributed by atoms with Crippen molar-refractivity contribution in [2.75, 3.05) is 63.2 Å². The molecule has 4 amide bonds. The second-order valence-corrected chi connectivity index (χ2v) is 18.4. The van der Waals surface area contributed by atoms with Gasteiger partial charge in [-0.1, -0.05) is 36.4 Å². The summed E-state index contributed by atoms with van der Waals surface area (Å²) >= 11 is 0. The summed E-state index contributed by atoms with van der Waals surface area (Å²) in [5.41, 5.74) is 9.27. The monoisotopic (exact) mass is 992 g/mol. The smallest absolute Gasteiger partial charge is 0.335 e. The van der Waals surface area contributed by atoms with Crippen LogP contribution in [-0.2, 0) is 65.9 Å². The molecule has 5 aliphatic heterocycles. The van der Waals surface area contributed by atoms with Gasteiger partial charge >= 0.3 is 5.97 Å². The maximum absolute atomic E-state index is 14.1. The summed E-state index contributed by atoms with van der Waals surface area (Å²) in [6.45, 7) is 3.98. The van der Waals surface area contributed by atoms with E-state index in [2.05, 4.69) is 6.07 Å². The number of anilines is 2. The number of amides is 4. The van der Waals surface area contributed by atoms with Crippen LogP contribution in [0.2, 0.25) is 0 Å². The van der Waals surface area contributed by atoms with E-state index in [-0.39, 0.29) is 89.4 Å². The number of fused-ring (bicyclic) bond motifs is 8. The van der Waals surface area contributed by atoms with Crippen LogP contribution in [0.3, 0.4) is 0 Å². The molecule has 5 aliphatic rings. The summed E-state index contributed by atoms with van der Waals surface area (Å²) in [6, 6.07) is 29.2. The number of aryl methyl sites for hydroxylation is 2. The minimum Gasteiger partial charge on any atom is -0.493 e. The number of hydrogen-bond donors (Lipinski definition) is 0. The van der Waals surface area contributed by atoms with E-state index in [1.807, 2.05) is 90.8 Å². The number of carbonyl (C=O) groups excluding carboxylic acids is 5. The Bertz CT molecular complexity index is 2960. The van der Waals surface area contributed by atoms with E-state index in [1.54, 1.807) is 24.1 Å². The van der Waals surface area contributed by atoms with Crippen LogP contribution < -0.4 is 28.7 Å². The highest BCUT2D eigenvalue weighted by Crippen LogP contribution is 2.42. The summed E-state index contributed by atoms with van der Waals surface area (Å²) in [5, 5.41) is 0.515. The molecule has 5 aromatic carbocycles. The van der Waals surface area contributed by atoms with Crippen molar-refractivity contribution in [3.05, 3.63) is 136 Å². The summed E-state index contributed by atoms with van der Waals surface area (Å²) in [6.07, 6.45) is 4.92. The molecular weight excluding hydrogens is 937 g/mol. The van der Waals surface area contributed by atoms with Crippen molar-refractivity contribution in [2.24, 2.45) is 4.99 Å². The van der Waals surface area contributed by atoms with Crippen molar-refractivity contribution in [2.45, 2.75) is 77.2 Å². The van der Waals surface area contributed by atoms with Crippen molar-refractivity contribution in [1.82, 2.24) is 5.06 Å². The predicted molar refractivity (Wildman–Crippen MR) is 267 cm³/mol. The van der Waals surface area contributed by atoms with Crippen LogP contribution in [0.15, 0.2) is 96.0 Å². The molecule has 0 radical (unpaired) electrons. The lowest BCUT2D eigenvalue weighted by Crippen LogP contribution is -2.37. The highest BCUT2D eigenvalue weighted by molar-refractivity contribution is 6.15. The number of carbonyl (C=O) groups is 5. The van der Waals surface area contributed by atoms with Gasteiger partial charge in [0.05, 0.1) is 70.5 Å². The minimum absolute atomic E-state index is 0.0251. The number of aliphatic imine (C=N–C) groups is 1. The fraction of sp³-hybridized carbons (Fsp3) is 0.357. The molecule has 10 rings (SSSR count). The van der Waals surface area contributed by atoms with Gasteiger partial charge in [0.2, 0.25) is 0 Å². The lowest BCUT2D eigenvalue weighted by molar-refractivity contribution is -0.198. The first-order chi connectivity index (χ1) is 35.6. The van der Waals surface area contributed by atoms with Crippen molar-refractivity contribution >= 4 is 52.9 Å². The number of methoxy groups -OCH3 is 1. The molecular formula is C56H56N4O13. The molecule has 0 N–H and O–H groups in total. The molecule has 378 valence electrons. The average molecular weight is 993 g/mol. The Morgan fingerprint density at radius 2 is 1.25 bits per heavy atom. The molecule has 0 unspecified atom stereocenters. The molecule has 2 atom stereocenters. The normalized spacial score (nSPS) is 17.3. The fourth-order valence-electron chi connectivity index (χ4n) is 9.92. The molecule has 73 heavy (non-hydrogen) atoms. The summed E-state index contributed by atoms with van der Waals surface area (Å²) < 4.78 is 41.7. The number of ether oxygens (including phenoxy) is 7. The number of hydroxylamine groups is 2. The van der Waals surface area contributed by atoms with Crippen LogP contribution in [-0.4, -0.2) is 106 Å². The van der Waals surface area contributed by atoms with Gasteiger partial charge in [-0.2, -0.15) is 0 Å². The quantitative estimate of drug-likeness (QED) is 0.0525. The van der Waals surface area contributed by atoms with Gasteiger partial charge in [0.25, 0.3) is 23.6 Å². The molecule has 0 bridgehead atoms. The summed E-state index contributed by atoms with van der Waals surface area (Å²) in [5.74, 6) is 0.184. The van der Waals surface area contributed by atoms with Gasteiger partial charge in [0.1, 0.15) is 31.3 Å². The van der Waals surface area contributed by atoms with Gasteiger partial charge in [0.15, 0.2) is 11.5 Å². The van der Waals surface area contributed by atoms with E-state index < -0.39 is 17.8 Å². The van der Waals surface area contributed by atoms with Gasteiger partial charge < -0.3 is 42.9 Å². The second-order valence-electron chi connectivity index (χ2n) is 18.4. The van der Waals surface area contributed by atoms with E-state index in [4.69, 9.17) is 43.0 Å². The van der Waals surface area contributed by atoms with Gasteiger partial charge in [-0.25, -0.2) is 4.79 Å². The summed E-state index contributed by atoms with van der Waals surface area (Å²) in [4.78, 5) is 76.6. The van der Waals surface area contributed by atoms with Crippen LogP contribution in [0, 0.1) is 6.92 Å². The number of para-hydroxylation sites is 2. The van der Waals surface area contributed by atoms with Crippen LogP contribution in [0.5, 0.6) is 23.0 Å². The van der Waals surface area contributed by atoms with Crippen molar-refractivity contribution < 1.29 is 62.0 Å². The molecule has 17 heteroatoms. The Morgan fingerprint density at radius 3 is 1.96 bits per heavy atom. The first-order valence-corrected chi connectivity index (χ1v) is 24.7. The molecule has 1 saturated heterocycles. The topological polar surface area (TPSA) is 181 Å². The van der Waals surface area contributed by atoms with Crippen LogP contribution in [0.4, 0.5) is 17.1 Å². The van der Waals surface area contributed by atoms with E-state index in [9.17, 15) is 24.0 Å². The van der Waals surface area contributed by atoms with E-state index in [1.165, 1.54) is 5.56 Å². The van der Waals surface area contributed by atoms with Crippen LogP contribution >= 0.6 is 0 Å². The van der Waals surface area contributed by atoms with Gasteiger partial charge in [0, 0.05) is 54.5 Å². The molecule has 5 aromatic rings. The van der Waals surface area contributed by atoms with E-state index >= 15 is 0 Å². The lowest BCUT2D eigenvalue weighted by atomic mass is 9.98. The number of hydrogen-bond acceptors (Lipinski definition) is 14. The highest BCUT2D eigenvalue weighted by atomic mass is 16.7.